The van der Waals surface area contributed by atoms with E-state index < -0.39 is 18.3 Å². The normalized spacial score (nSPS) is 24.8. The van der Waals surface area contributed by atoms with Gasteiger partial charge in [0.2, 0.25) is 5.91 Å². The Hall–Kier alpha value is -2.44. The first-order valence-electron chi connectivity index (χ1n) is 11.1. The lowest BCUT2D eigenvalue weighted by molar-refractivity contribution is -0.138. The van der Waals surface area contributed by atoms with E-state index in [2.05, 4.69) is 13.8 Å². The molecule has 1 fully saturated rings. The monoisotopic (exact) mass is 443 g/mol. The molecule has 3 rings (SSSR count). The minimum atomic E-state index is -0.987. The average molecular weight is 444 g/mol. The highest BCUT2D eigenvalue weighted by Gasteiger charge is 2.46. The second-order valence-electron chi connectivity index (χ2n) is 9.64. The van der Waals surface area contributed by atoms with Gasteiger partial charge in [-0.05, 0) is 65.1 Å². The highest BCUT2D eigenvalue weighted by molar-refractivity contribution is 5.73. The predicted octanol–water partition coefficient (Wildman–Crippen LogP) is 4.05. The minimum absolute atomic E-state index is 0.0149. The second kappa shape index (κ2) is 9.59. The van der Waals surface area contributed by atoms with Crippen LogP contribution in [0.15, 0.2) is 42.5 Å². The van der Waals surface area contributed by atoms with E-state index in [0.29, 0.717) is 30.7 Å². The van der Waals surface area contributed by atoms with Crippen molar-refractivity contribution in [3.8, 4) is 16.9 Å². The number of carbonyl (C=O) groups excluding carboxylic acids is 1. The molecule has 2 N–H and O–H groups in total. The van der Waals surface area contributed by atoms with Crippen molar-refractivity contribution >= 4 is 5.91 Å². The van der Waals surface area contributed by atoms with E-state index in [4.69, 9.17) is 4.74 Å². The minimum Gasteiger partial charge on any atom is -0.488 e. The molecular formula is C26H34FNO4. The molecule has 2 aromatic rings. The quantitative estimate of drug-likeness (QED) is 0.707. The average Bonchev–Trinajstić information content (AvgIpc) is 2.74. The molecule has 32 heavy (non-hydrogen) atoms. The zero-order valence-electron chi connectivity index (χ0n) is 19.5. The van der Waals surface area contributed by atoms with Crippen LogP contribution in [0.4, 0.5) is 4.39 Å². The third-order valence-corrected chi connectivity index (χ3v) is 6.96. The molecule has 1 amide bonds. The molecule has 1 aliphatic carbocycles. The Balaban J connectivity index is 1.91. The van der Waals surface area contributed by atoms with E-state index in [0.717, 1.165) is 11.1 Å². The molecule has 0 heterocycles. The summed E-state index contributed by atoms with van der Waals surface area (Å²) in [6, 6.07) is 12.0. The lowest BCUT2D eigenvalue weighted by Crippen LogP contribution is -2.54. The van der Waals surface area contributed by atoms with Crippen LogP contribution < -0.4 is 4.74 Å². The number of rotatable bonds is 6. The Bertz CT molecular complexity index is 961. The van der Waals surface area contributed by atoms with Gasteiger partial charge in [0, 0.05) is 20.5 Å². The molecule has 0 aromatic heterocycles. The fourth-order valence-corrected chi connectivity index (χ4v) is 4.31. The van der Waals surface area contributed by atoms with Crippen LogP contribution in [-0.2, 0) is 11.2 Å². The Morgan fingerprint density at radius 2 is 1.91 bits per heavy atom. The molecule has 0 saturated heterocycles. The van der Waals surface area contributed by atoms with Crippen molar-refractivity contribution in [1.29, 1.82) is 0 Å². The van der Waals surface area contributed by atoms with Crippen molar-refractivity contribution in [1.82, 2.24) is 4.90 Å². The van der Waals surface area contributed by atoms with E-state index in [-0.39, 0.29) is 23.1 Å². The van der Waals surface area contributed by atoms with Crippen LogP contribution in [0.2, 0.25) is 0 Å². The number of aliphatic hydroxyl groups excluding tert-OH is 2. The largest absolute Gasteiger partial charge is 0.488 e. The molecule has 174 valence electrons. The number of ether oxygens (including phenoxy) is 1. The summed E-state index contributed by atoms with van der Waals surface area (Å²) in [5.74, 6) is 0.150. The van der Waals surface area contributed by atoms with Crippen molar-refractivity contribution in [2.45, 2.75) is 58.8 Å². The fraction of sp³-hybridized carbons (Fsp3) is 0.500. The number of likely N-dealkylation sites (N-methyl/N-ethyl adjacent to an activating group) is 1. The number of amides is 1. The van der Waals surface area contributed by atoms with Gasteiger partial charge in [-0.15, -0.1) is 0 Å². The number of halogens is 1. The van der Waals surface area contributed by atoms with Gasteiger partial charge in [-0.25, -0.2) is 4.39 Å². The number of nitrogens with zero attached hydrogens (tertiary/aromatic N) is 1. The van der Waals surface area contributed by atoms with Gasteiger partial charge < -0.3 is 19.8 Å². The maximum atomic E-state index is 13.9. The topological polar surface area (TPSA) is 70.0 Å². The van der Waals surface area contributed by atoms with Crippen molar-refractivity contribution in [3.63, 3.8) is 0 Å². The van der Waals surface area contributed by atoms with Crippen LogP contribution in [0, 0.1) is 17.2 Å². The van der Waals surface area contributed by atoms with Gasteiger partial charge in [0.1, 0.15) is 23.8 Å². The second-order valence-corrected chi connectivity index (χ2v) is 9.64. The number of carbonyl (C=O) groups is 1. The third-order valence-electron chi connectivity index (χ3n) is 6.96. The van der Waals surface area contributed by atoms with Gasteiger partial charge in [-0.1, -0.05) is 39.0 Å². The number of aliphatic hydroxyl groups is 2. The summed E-state index contributed by atoms with van der Waals surface area (Å²) in [4.78, 5) is 13.2. The summed E-state index contributed by atoms with van der Waals surface area (Å²) >= 11 is 0. The van der Waals surface area contributed by atoms with E-state index in [1.165, 1.54) is 19.1 Å². The smallest absolute Gasteiger partial charge is 0.219 e. The Kier molecular flexibility index (Phi) is 7.25. The van der Waals surface area contributed by atoms with E-state index in [1.54, 1.807) is 18.0 Å². The number of hydrogen-bond acceptors (Lipinski definition) is 4. The molecule has 0 spiro atoms. The summed E-state index contributed by atoms with van der Waals surface area (Å²) < 4.78 is 20.1. The molecule has 1 saturated carbocycles. The molecule has 0 unspecified atom stereocenters. The SMILES string of the molecule is CC(=O)N(C)CCc1ccc(O[C@@H]2CC(C)(C)[C@H](C)[C@@H](O)[C@H]2O)cc1-c1cccc(F)c1. The van der Waals surface area contributed by atoms with Crippen LogP contribution in [-0.4, -0.2) is 52.9 Å². The highest BCUT2D eigenvalue weighted by Crippen LogP contribution is 2.42. The Labute approximate surface area is 189 Å². The molecule has 2 aromatic carbocycles. The number of hydrogen-bond donors (Lipinski definition) is 2. The first kappa shape index (κ1) is 24.2. The summed E-state index contributed by atoms with van der Waals surface area (Å²) in [5.41, 5.74) is 2.31. The lowest BCUT2D eigenvalue weighted by atomic mass is 9.66. The maximum Gasteiger partial charge on any atom is 0.219 e. The van der Waals surface area contributed by atoms with Gasteiger partial charge in [-0.2, -0.15) is 0 Å². The Morgan fingerprint density at radius 1 is 1.19 bits per heavy atom. The van der Waals surface area contributed by atoms with Crippen LogP contribution >= 0.6 is 0 Å². The van der Waals surface area contributed by atoms with E-state index in [1.807, 2.05) is 31.2 Å². The number of benzene rings is 2. The molecule has 5 nitrogen and oxygen atoms in total. The summed E-state index contributed by atoms with van der Waals surface area (Å²) in [6.07, 6.45) is -1.19. The van der Waals surface area contributed by atoms with Gasteiger partial charge >= 0.3 is 0 Å². The molecule has 1 aliphatic rings. The highest BCUT2D eigenvalue weighted by atomic mass is 19.1. The van der Waals surface area contributed by atoms with Crippen LogP contribution in [0.5, 0.6) is 5.75 Å². The summed E-state index contributed by atoms with van der Waals surface area (Å²) in [6.45, 7) is 8.14. The first-order valence-corrected chi connectivity index (χ1v) is 11.1. The standard InChI is InChI=1S/C26H34FNO4/c1-16-24(30)25(31)23(15-26(16,3)4)32-21-10-9-18(11-12-28(5)17(2)29)22(14-21)19-7-6-8-20(27)13-19/h6-10,13-14,16,23-25,30-31H,11-12,15H2,1-5H3/t16-,23-,24-,25+/m1/s1. The van der Waals surface area contributed by atoms with E-state index >= 15 is 0 Å². The molecule has 4 atom stereocenters. The van der Waals surface area contributed by atoms with Crippen molar-refractivity contribution in [2.75, 3.05) is 13.6 Å². The summed E-state index contributed by atoms with van der Waals surface area (Å²) in [5, 5.41) is 21.1. The third kappa shape index (κ3) is 5.30. The fourth-order valence-electron chi connectivity index (χ4n) is 4.31. The van der Waals surface area contributed by atoms with Gasteiger partial charge in [0.25, 0.3) is 0 Å². The van der Waals surface area contributed by atoms with Crippen molar-refractivity contribution in [2.24, 2.45) is 11.3 Å². The van der Waals surface area contributed by atoms with Crippen LogP contribution in [0.3, 0.4) is 0 Å². The molecule has 6 heteroatoms. The first-order chi connectivity index (χ1) is 15.0. The van der Waals surface area contributed by atoms with Gasteiger partial charge in [0.15, 0.2) is 0 Å². The molecule has 0 bridgehead atoms. The van der Waals surface area contributed by atoms with Gasteiger partial charge in [0.05, 0.1) is 6.10 Å². The van der Waals surface area contributed by atoms with Crippen LogP contribution in [0.25, 0.3) is 11.1 Å². The summed E-state index contributed by atoms with van der Waals surface area (Å²) in [7, 11) is 1.75. The van der Waals surface area contributed by atoms with Crippen molar-refractivity contribution < 1.29 is 24.1 Å². The predicted molar refractivity (Wildman–Crippen MR) is 123 cm³/mol. The van der Waals surface area contributed by atoms with Crippen LogP contribution in [0.1, 0.15) is 39.7 Å². The lowest BCUT2D eigenvalue weighted by Gasteiger charge is -2.46. The molecule has 0 aliphatic heterocycles. The molecular weight excluding hydrogens is 409 g/mol. The van der Waals surface area contributed by atoms with Gasteiger partial charge in [-0.3, -0.25) is 4.79 Å². The molecule has 0 radical (unpaired) electrons. The zero-order chi connectivity index (χ0) is 23.6. The van der Waals surface area contributed by atoms with Crippen molar-refractivity contribution in [3.05, 3.63) is 53.8 Å². The van der Waals surface area contributed by atoms with E-state index in [9.17, 15) is 19.4 Å². The maximum absolute atomic E-state index is 13.9. The zero-order valence-corrected chi connectivity index (χ0v) is 19.5. The Morgan fingerprint density at radius 3 is 2.56 bits per heavy atom.